The van der Waals surface area contributed by atoms with Gasteiger partial charge in [-0.3, -0.25) is 9.36 Å². The highest BCUT2D eigenvalue weighted by atomic mass is 35.5. The molecule has 0 aromatic carbocycles. The fourth-order valence-electron chi connectivity index (χ4n) is 1.51. The van der Waals surface area contributed by atoms with E-state index in [2.05, 4.69) is 9.97 Å². The second-order valence-electron chi connectivity index (χ2n) is 3.17. The van der Waals surface area contributed by atoms with Gasteiger partial charge in [0.1, 0.15) is 6.54 Å². The van der Waals surface area contributed by atoms with Crippen molar-refractivity contribution in [1.29, 1.82) is 5.26 Å². The van der Waals surface area contributed by atoms with Gasteiger partial charge in [-0.1, -0.05) is 0 Å². The molecule has 9 heteroatoms. The Hall–Kier alpha value is -2.11. The number of hydrogen-bond donors (Lipinski definition) is 2. The molecule has 0 saturated heterocycles. The van der Waals surface area contributed by atoms with E-state index in [0.717, 1.165) is 9.13 Å². The van der Waals surface area contributed by atoms with E-state index in [1.807, 2.05) is 0 Å². The van der Waals surface area contributed by atoms with E-state index in [4.69, 9.17) is 22.6 Å². The summed E-state index contributed by atoms with van der Waals surface area (Å²) in [6.07, 6.45) is 0. The van der Waals surface area contributed by atoms with Crippen molar-refractivity contribution < 1.29 is 0 Å². The molecule has 3 N–H and O–H groups in total. The number of nitrogens with two attached hydrogens (primary N) is 1. The summed E-state index contributed by atoms with van der Waals surface area (Å²) in [4.78, 5) is 30.0. The summed E-state index contributed by atoms with van der Waals surface area (Å²) in [5.41, 5.74) is 4.12. The molecule has 2 heterocycles. The van der Waals surface area contributed by atoms with Gasteiger partial charge in [-0.2, -0.15) is 10.2 Å². The molecule has 0 aliphatic carbocycles. The van der Waals surface area contributed by atoms with E-state index in [0.29, 0.717) is 0 Å². The SMILES string of the molecule is N#CCn1c(=O)n(CN)c(=O)c2[nH]c(Cl)nc21. The Morgan fingerprint density at radius 3 is 2.76 bits per heavy atom. The molecule has 0 atom stereocenters. The highest BCUT2D eigenvalue weighted by Gasteiger charge is 2.15. The van der Waals surface area contributed by atoms with Crippen LogP contribution in [0.15, 0.2) is 9.59 Å². The molecular formula is C8H7ClN6O2. The first kappa shape index (κ1) is 11.4. The van der Waals surface area contributed by atoms with E-state index in [1.165, 1.54) is 0 Å². The van der Waals surface area contributed by atoms with E-state index in [1.54, 1.807) is 6.07 Å². The molecule has 17 heavy (non-hydrogen) atoms. The van der Waals surface area contributed by atoms with Crippen LogP contribution >= 0.6 is 11.6 Å². The maximum absolute atomic E-state index is 11.8. The average Bonchev–Trinajstić information content (AvgIpc) is 2.67. The normalized spacial score (nSPS) is 10.6. The molecule has 0 bridgehead atoms. The Kier molecular flexibility index (Phi) is 2.71. The number of fused-ring (bicyclic) bond motifs is 1. The monoisotopic (exact) mass is 254 g/mol. The van der Waals surface area contributed by atoms with Gasteiger partial charge in [-0.15, -0.1) is 0 Å². The topological polar surface area (TPSA) is 122 Å². The third-order valence-corrected chi connectivity index (χ3v) is 2.42. The van der Waals surface area contributed by atoms with Crippen molar-refractivity contribution in [3.63, 3.8) is 0 Å². The molecule has 0 amide bonds. The number of aromatic nitrogens is 4. The highest BCUT2D eigenvalue weighted by molar-refractivity contribution is 6.28. The van der Waals surface area contributed by atoms with Gasteiger partial charge >= 0.3 is 5.69 Å². The second-order valence-corrected chi connectivity index (χ2v) is 3.53. The Morgan fingerprint density at radius 1 is 1.47 bits per heavy atom. The number of aromatic amines is 1. The number of H-pyrrole nitrogens is 1. The predicted molar refractivity (Wildman–Crippen MR) is 59.4 cm³/mol. The summed E-state index contributed by atoms with van der Waals surface area (Å²) < 4.78 is 1.83. The van der Waals surface area contributed by atoms with Gasteiger partial charge in [-0.25, -0.2) is 9.36 Å². The summed E-state index contributed by atoms with van der Waals surface area (Å²) >= 11 is 5.63. The van der Waals surface area contributed by atoms with E-state index >= 15 is 0 Å². The van der Waals surface area contributed by atoms with Crippen LogP contribution in [-0.2, 0) is 13.2 Å². The number of imidazole rings is 1. The molecule has 2 rings (SSSR count). The van der Waals surface area contributed by atoms with Crippen LogP contribution in [0.25, 0.3) is 11.2 Å². The van der Waals surface area contributed by atoms with Gasteiger partial charge in [0.05, 0.1) is 12.7 Å². The van der Waals surface area contributed by atoms with E-state index in [-0.39, 0.29) is 29.7 Å². The highest BCUT2D eigenvalue weighted by Crippen LogP contribution is 2.08. The summed E-state index contributed by atoms with van der Waals surface area (Å²) in [7, 11) is 0. The van der Waals surface area contributed by atoms with Crippen LogP contribution < -0.4 is 17.0 Å². The van der Waals surface area contributed by atoms with Gasteiger partial charge < -0.3 is 10.7 Å². The lowest BCUT2D eigenvalue weighted by Crippen LogP contribution is -2.41. The Bertz CT molecular complexity index is 733. The summed E-state index contributed by atoms with van der Waals surface area (Å²) in [5, 5.41) is 8.61. The van der Waals surface area contributed by atoms with E-state index in [9.17, 15) is 9.59 Å². The first-order valence-electron chi connectivity index (χ1n) is 4.56. The van der Waals surface area contributed by atoms with Crippen LogP contribution in [0.3, 0.4) is 0 Å². The zero-order valence-corrected chi connectivity index (χ0v) is 9.23. The van der Waals surface area contributed by atoms with Crippen molar-refractivity contribution in [2.45, 2.75) is 13.2 Å². The standard InChI is InChI=1S/C8H7ClN6O2/c9-7-12-4-5(13-7)14(2-1-10)8(17)15(3-11)6(4)16/h2-3,11H2,(H,12,13). The van der Waals surface area contributed by atoms with Gasteiger partial charge in [0.15, 0.2) is 11.2 Å². The minimum atomic E-state index is -0.685. The van der Waals surface area contributed by atoms with E-state index < -0.39 is 11.2 Å². The molecule has 8 nitrogen and oxygen atoms in total. The quantitative estimate of drug-likeness (QED) is 0.664. The molecule has 2 aromatic rings. The van der Waals surface area contributed by atoms with Crippen molar-refractivity contribution in [2.24, 2.45) is 5.73 Å². The van der Waals surface area contributed by atoms with Crippen molar-refractivity contribution in [3.05, 3.63) is 26.1 Å². The Balaban J connectivity index is 3.01. The summed E-state index contributed by atoms with van der Waals surface area (Å²) in [6, 6.07) is 1.81. The Morgan fingerprint density at radius 2 is 2.18 bits per heavy atom. The molecule has 0 aliphatic heterocycles. The lowest BCUT2D eigenvalue weighted by molar-refractivity contribution is 0.608. The number of nitrogens with zero attached hydrogens (tertiary/aromatic N) is 4. The van der Waals surface area contributed by atoms with Crippen molar-refractivity contribution >= 4 is 22.8 Å². The lowest BCUT2D eigenvalue weighted by atomic mass is 10.5. The largest absolute Gasteiger partial charge is 0.334 e. The summed E-state index contributed by atoms with van der Waals surface area (Å²) in [5.74, 6) is 0. The first-order chi connectivity index (χ1) is 8.10. The number of nitriles is 1. The molecule has 0 radical (unpaired) electrons. The zero-order chi connectivity index (χ0) is 12.6. The minimum absolute atomic E-state index is 0.0297. The van der Waals surface area contributed by atoms with Gasteiger partial charge in [0, 0.05) is 0 Å². The second kappa shape index (κ2) is 4.04. The molecule has 0 saturated carbocycles. The average molecular weight is 255 g/mol. The number of halogens is 1. The molecule has 0 spiro atoms. The van der Waals surface area contributed by atoms with Gasteiger partial charge in [0.25, 0.3) is 5.56 Å². The van der Waals surface area contributed by atoms with Gasteiger partial charge in [0.2, 0.25) is 5.28 Å². The van der Waals surface area contributed by atoms with Gasteiger partial charge in [-0.05, 0) is 11.6 Å². The lowest BCUT2D eigenvalue weighted by Gasteiger charge is -2.05. The molecule has 0 fully saturated rings. The van der Waals surface area contributed by atoms with Crippen molar-refractivity contribution in [1.82, 2.24) is 19.1 Å². The predicted octanol–water partition coefficient (Wildman–Crippen LogP) is -1.02. The number of hydrogen-bond acceptors (Lipinski definition) is 5. The molecule has 2 aromatic heterocycles. The third-order valence-electron chi connectivity index (χ3n) is 2.24. The first-order valence-corrected chi connectivity index (χ1v) is 4.93. The van der Waals surface area contributed by atoms with Crippen LogP contribution in [0.5, 0.6) is 0 Å². The fraction of sp³-hybridized carbons (Fsp3) is 0.250. The van der Waals surface area contributed by atoms with Crippen LogP contribution in [-0.4, -0.2) is 19.1 Å². The van der Waals surface area contributed by atoms with Crippen LogP contribution in [0, 0.1) is 11.3 Å². The molecule has 0 aliphatic rings. The molecule has 0 unspecified atom stereocenters. The van der Waals surface area contributed by atoms with Crippen LogP contribution in [0.4, 0.5) is 0 Å². The Labute approximate surface area is 98.9 Å². The number of nitrogens with one attached hydrogen (secondary N) is 1. The maximum atomic E-state index is 11.8. The van der Waals surface area contributed by atoms with Crippen LogP contribution in [0.2, 0.25) is 5.28 Å². The summed E-state index contributed by atoms with van der Waals surface area (Å²) in [6.45, 7) is -0.521. The maximum Gasteiger partial charge on any atom is 0.334 e. The van der Waals surface area contributed by atoms with Crippen molar-refractivity contribution in [2.75, 3.05) is 0 Å². The smallest absolute Gasteiger partial charge is 0.323 e. The van der Waals surface area contributed by atoms with Crippen LogP contribution in [0.1, 0.15) is 0 Å². The zero-order valence-electron chi connectivity index (χ0n) is 8.47. The minimum Gasteiger partial charge on any atom is -0.323 e. The number of rotatable bonds is 2. The fourth-order valence-corrected chi connectivity index (χ4v) is 1.69. The third kappa shape index (κ3) is 1.61. The molecule has 88 valence electrons. The van der Waals surface area contributed by atoms with Crippen molar-refractivity contribution in [3.8, 4) is 6.07 Å². The molecular weight excluding hydrogens is 248 g/mol.